The van der Waals surface area contributed by atoms with Gasteiger partial charge < -0.3 is 5.32 Å². The Bertz CT molecular complexity index is 610. The lowest BCUT2D eigenvalue weighted by atomic mass is 10.1. The smallest absolute Gasteiger partial charge is 0.128 e. The lowest BCUT2D eigenvalue weighted by molar-refractivity contribution is 0.612. The van der Waals surface area contributed by atoms with E-state index >= 15 is 0 Å². The van der Waals surface area contributed by atoms with Crippen molar-refractivity contribution < 1.29 is 4.39 Å². The average molecular weight is 244 g/mol. The summed E-state index contributed by atoms with van der Waals surface area (Å²) < 4.78 is 15.2. The van der Waals surface area contributed by atoms with Crippen LogP contribution in [0.1, 0.15) is 16.8 Å². The van der Waals surface area contributed by atoms with Crippen molar-refractivity contribution in [1.29, 1.82) is 5.26 Å². The van der Waals surface area contributed by atoms with Crippen molar-refractivity contribution in [2.24, 2.45) is 7.05 Å². The second kappa shape index (κ2) is 4.88. The summed E-state index contributed by atoms with van der Waals surface area (Å²) in [6.07, 6.45) is 1.83. The van der Waals surface area contributed by atoms with Gasteiger partial charge in [-0.25, -0.2) is 4.39 Å². The van der Waals surface area contributed by atoms with Gasteiger partial charge in [0.05, 0.1) is 23.0 Å². The van der Waals surface area contributed by atoms with Crippen LogP contribution in [0.2, 0.25) is 0 Å². The Hall–Kier alpha value is -2.35. The van der Waals surface area contributed by atoms with Crippen LogP contribution in [0.15, 0.2) is 24.4 Å². The van der Waals surface area contributed by atoms with Gasteiger partial charge in [-0.3, -0.25) is 4.68 Å². The standard InChI is InChI=1S/C13H13FN4/c1-9-13(8-18(2)17-9)16-7-11-5-10(6-15)3-4-12(11)14/h3-5,8,16H,7H2,1-2H3. The summed E-state index contributed by atoms with van der Waals surface area (Å²) in [5.41, 5.74) is 2.64. The molecule has 0 aliphatic rings. The van der Waals surface area contributed by atoms with E-state index in [1.54, 1.807) is 10.7 Å². The van der Waals surface area contributed by atoms with E-state index in [-0.39, 0.29) is 5.82 Å². The molecule has 4 nitrogen and oxygen atoms in total. The van der Waals surface area contributed by atoms with Gasteiger partial charge in [0, 0.05) is 25.4 Å². The minimum atomic E-state index is -0.317. The summed E-state index contributed by atoms with van der Waals surface area (Å²) in [6.45, 7) is 2.21. The number of nitriles is 1. The molecule has 92 valence electrons. The van der Waals surface area contributed by atoms with E-state index in [9.17, 15) is 4.39 Å². The molecule has 0 saturated carbocycles. The highest BCUT2D eigenvalue weighted by molar-refractivity contribution is 5.46. The summed E-state index contributed by atoms with van der Waals surface area (Å²) in [6, 6.07) is 6.32. The van der Waals surface area contributed by atoms with E-state index in [1.165, 1.54) is 12.1 Å². The third-order valence-corrected chi connectivity index (χ3v) is 2.66. The van der Waals surface area contributed by atoms with E-state index in [0.29, 0.717) is 17.7 Å². The first kappa shape index (κ1) is 12.1. The molecule has 1 N–H and O–H groups in total. The van der Waals surface area contributed by atoms with Gasteiger partial charge in [-0.15, -0.1) is 0 Å². The SMILES string of the molecule is Cc1nn(C)cc1NCc1cc(C#N)ccc1F. The van der Waals surface area contributed by atoms with Crippen molar-refractivity contribution in [3.05, 3.63) is 47.0 Å². The molecule has 1 aromatic heterocycles. The highest BCUT2D eigenvalue weighted by Crippen LogP contribution is 2.15. The highest BCUT2D eigenvalue weighted by atomic mass is 19.1. The fraction of sp³-hybridized carbons (Fsp3) is 0.231. The minimum absolute atomic E-state index is 0.317. The van der Waals surface area contributed by atoms with Gasteiger partial charge in [-0.05, 0) is 25.1 Å². The number of rotatable bonds is 3. The molecule has 1 aromatic carbocycles. The maximum absolute atomic E-state index is 13.5. The quantitative estimate of drug-likeness (QED) is 0.901. The van der Waals surface area contributed by atoms with Crippen LogP contribution in [0.25, 0.3) is 0 Å². The van der Waals surface area contributed by atoms with Gasteiger partial charge in [0.15, 0.2) is 0 Å². The topological polar surface area (TPSA) is 53.6 Å². The molecule has 0 spiro atoms. The van der Waals surface area contributed by atoms with Crippen molar-refractivity contribution in [3.63, 3.8) is 0 Å². The van der Waals surface area contributed by atoms with Gasteiger partial charge in [0.1, 0.15) is 5.82 Å². The predicted octanol–water partition coefficient (Wildman–Crippen LogP) is 2.35. The number of aryl methyl sites for hydroxylation is 2. The third-order valence-electron chi connectivity index (χ3n) is 2.66. The Kier molecular flexibility index (Phi) is 3.28. The van der Waals surface area contributed by atoms with E-state index in [2.05, 4.69) is 10.4 Å². The molecule has 2 rings (SSSR count). The van der Waals surface area contributed by atoms with Crippen LogP contribution in [0.5, 0.6) is 0 Å². The third kappa shape index (κ3) is 2.48. The number of benzene rings is 1. The van der Waals surface area contributed by atoms with E-state index in [1.807, 2.05) is 26.2 Å². The lowest BCUT2D eigenvalue weighted by Gasteiger charge is -2.06. The fourth-order valence-electron chi connectivity index (χ4n) is 1.74. The van der Waals surface area contributed by atoms with Crippen LogP contribution in [-0.2, 0) is 13.6 Å². The predicted molar refractivity (Wildman–Crippen MR) is 66.4 cm³/mol. The Labute approximate surface area is 105 Å². The fourth-order valence-corrected chi connectivity index (χ4v) is 1.74. The molecule has 0 fully saturated rings. The monoisotopic (exact) mass is 244 g/mol. The summed E-state index contributed by atoms with van der Waals surface area (Å²) >= 11 is 0. The maximum Gasteiger partial charge on any atom is 0.128 e. The minimum Gasteiger partial charge on any atom is -0.378 e. The first-order chi connectivity index (χ1) is 8.60. The van der Waals surface area contributed by atoms with Crippen molar-refractivity contribution >= 4 is 5.69 Å². The maximum atomic E-state index is 13.5. The number of nitrogens with zero attached hydrogens (tertiary/aromatic N) is 3. The molecule has 0 aliphatic carbocycles. The van der Waals surface area contributed by atoms with Gasteiger partial charge >= 0.3 is 0 Å². The van der Waals surface area contributed by atoms with Crippen LogP contribution in [0.3, 0.4) is 0 Å². The van der Waals surface area contributed by atoms with Crippen LogP contribution in [-0.4, -0.2) is 9.78 Å². The van der Waals surface area contributed by atoms with Crippen molar-refractivity contribution in [2.75, 3.05) is 5.32 Å². The summed E-state index contributed by atoms with van der Waals surface area (Å²) in [7, 11) is 1.83. The van der Waals surface area contributed by atoms with Gasteiger partial charge in [-0.1, -0.05) is 0 Å². The van der Waals surface area contributed by atoms with E-state index in [4.69, 9.17) is 5.26 Å². The second-order valence-corrected chi connectivity index (χ2v) is 4.07. The Morgan fingerprint density at radius 1 is 1.50 bits per heavy atom. The zero-order valence-electron chi connectivity index (χ0n) is 10.2. The number of nitrogens with one attached hydrogen (secondary N) is 1. The molecule has 2 aromatic rings. The zero-order valence-corrected chi connectivity index (χ0v) is 10.2. The van der Waals surface area contributed by atoms with Crippen LogP contribution in [0.4, 0.5) is 10.1 Å². The molecular formula is C13H13FN4. The summed E-state index contributed by atoms with van der Waals surface area (Å²) in [5.74, 6) is -0.317. The Morgan fingerprint density at radius 3 is 2.89 bits per heavy atom. The molecule has 0 unspecified atom stereocenters. The number of aromatic nitrogens is 2. The molecule has 1 heterocycles. The molecule has 0 bridgehead atoms. The first-order valence-corrected chi connectivity index (χ1v) is 5.53. The Morgan fingerprint density at radius 2 is 2.28 bits per heavy atom. The van der Waals surface area contributed by atoms with Gasteiger partial charge in [0.2, 0.25) is 0 Å². The normalized spacial score (nSPS) is 10.1. The molecule has 5 heteroatoms. The molecule has 0 amide bonds. The van der Waals surface area contributed by atoms with Crippen LogP contribution < -0.4 is 5.32 Å². The van der Waals surface area contributed by atoms with Crippen molar-refractivity contribution in [2.45, 2.75) is 13.5 Å². The number of halogens is 1. The molecule has 0 atom stereocenters. The molecule has 0 radical (unpaired) electrons. The molecular weight excluding hydrogens is 231 g/mol. The number of hydrogen-bond donors (Lipinski definition) is 1. The second-order valence-electron chi connectivity index (χ2n) is 4.07. The molecule has 0 aliphatic heterocycles. The van der Waals surface area contributed by atoms with E-state index in [0.717, 1.165) is 11.4 Å². The number of hydrogen-bond acceptors (Lipinski definition) is 3. The van der Waals surface area contributed by atoms with Crippen LogP contribution >= 0.6 is 0 Å². The Balaban J connectivity index is 2.15. The van der Waals surface area contributed by atoms with Crippen molar-refractivity contribution in [3.8, 4) is 6.07 Å². The molecule has 0 saturated heterocycles. The van der Waals surface area contributed by atoms with Crippen LogP contribution in [0, 0.1) is 24.1 Å². The lowest BCUT2D eigenvalue weighted by Crippen LogP contribution is -2.02. The summed E-state index contributed by atoms with van der Waals surface area (Å²) in [5, 5.41) is 16.1. The number of anilines is 1. The first-order valence-electron chi connectivity index (χ1n) is 5.53. The summed E-state index contributed by atoms with van der Waals surface area (Å²) in [4.78, 5) is 0. The average Bonchev–Trinajstić information content (AvgIpc) is 2.67. The highest BCUT2D eigenvalue weighted by Gasteiger charge is 2.06. The van der Waals surface area contributed by atoms with Gasteiger partial charge in [0.25, 0.3) is 0 Å². The molecule has 18 heavy (non-hydrogen) atoms. The van der Waals surface area contributed by atoms with Crippen molar-refractivity contribution in [1.82, 2.24) is 9.78 Å². The van der Waals surface area contributed by atoms with Gasteiger partial charge in [-0.2, -0.15) is 10.4 Å². The zero-order chi connectivity index (χ0) is 13.1. The van der Waals surface area contributed by atoms with E-state index < -0.39 is 0 Å². The largest absolute Gasteiger partial charge is 0.378 e.